The third-order valence-corrected chi connectivity index (χ3v) is 2.70. The van der Waals surface area contributed by atoms with E-state index in [1.807, 2.05) is 17.7 Å². The number of hydrogen-bond donors (Lipinski definition) is 2. The van der Waals surface area contributed by atoms with E-state index in [1.54, 1.807) is 12.5 Å². The molecule has 0 aliphatic heterocycles. The topological polar surface area (TPSA) is 59.0 Å². The van der Waals surface area contributed by atoms with Crippen LogP contribution in [0.5, 0.6) is 0 Å². The molecule has 1 aliphatic carbocycles. The molecule has 16 heavy (non-hydrogen) atoms. The van der Waals surface area contributed by atoms with Crippen molar-refractivity contribution in [2.75, 3.05) is 6.54 Å². The molecule has 5 nitrogen and oxygen atoms in total. The fourth-order valence-corrected chi connectivity index (χ4v) is 1.48. The van der Waals surface area contributed by atoms with Gasteiger partial charge in [-0.05, 0) is 19.8 Å². The number of nitrogens with zero attached hydrogens (tertiary/aromatic N) is 2. The fourth-order valence-electron chi connectivity index (χ4n) is 1.48. The Morgan fingerprint density at radius 2 is 2.44 bits per heavy atom. The second-order valence-electron chi connectivity index (χ2n) is 4.26. The van der Waals surface area contributed by atoms with Crippen LogP contribution in [0.2, 0.25) is 0 Å². The van der Waals surface area contributed by atoms with Crippen molar-refractivity contribution in [3.8, 4) is 0 Å². The first kappa shape index (κ1) is 11.1. The van der Waals surface area contributed by atoms with Crippen LogP contribution in [0.3, 0.4) is 0 Å². The summed E-state index contributed by atoms with van der Waals surface area (Å²) in [6.45, 7) is 3.50. The molecule has 0 bridgehead atoms. The Bertz CT molecular complexity index is 332. The van der Waals surface area contributed by atoms with Crippen LogP contribution in [0.15, 0.2) is 18.7 Å². The van der Waals surface area contributed by atoms with Gasteiger partial charge in [0.1, 0.15) is 0 Å². The average Bonchev–Trinajstić information content (AvgIpc) is 2.93. The fraction of sp³-hybridized carbons (Fsp3) is 0.636. The summed E-state index contributed by atoms with van der Waals surface area (Å²) in [4.78, 5) is 15.6. The van der Waals surface area contributed by atoms with Gasteiger partial charge in [0.15, 0.2) is 0 Å². The average molecular weight is 222 g/mol. The molecule has 0 aromatic carbocycles. The van der Waals surface area contributed by atoms with Crippen LogP contribution in [-0.4, -0.2) is 34.1 Å². The molecule has 1 saturated carbocycles. The lowest BCUT2D eigenvalue weighted by Crippen LogP contribution is -2.43. The molecule has 1 atom stereocenters. The molecule has 1 amide bonds. The van der Waals surface area contributed by atoms with E-state index in [0.717, 1.165) is 25.9 Å². The van der Waals surface area contributed by atoms with Gasteiger partial charge in [-0.1, -0.05) is 0 Å². The number of carbonyl (C=O) groups is 1. The van der Waals surface area contributed by atoms with Gasteiger partial charge >= 0.3 is 0 Å². The Morgan fingerprint density at radius 3 is 3.06 bits per heavy atom. The standard InChI is InChI=1S/C11H18N4O/c1-9(11(16)14-10-2-3-10)13-5-7-15-6-4-12-8-15/h4,6,8-10,13H,2-3,5,7H2,1H3,(H,14,16). The van der Waals surface area contributed by atoms with Crippen molar-refractivity contribution in [1.29, 1.82) is 0 Å². The molecule has 2 N–H and O–H groups in total. The summed E-state index contributed by atoms with van der Waals surface area (Å²) in [5.74, 6) is 0.105. The van der Waals surface area contributed by atoms with Crippen LogP contribution in [0.1, 0.15) is 19.8 Å². The minimum atomic E-state index is -0.121. The van der Waals surface area contributed by atoms with Gasteiger partial charge in [-0.3, -0.25) is 4.79 Å². The van der Waals surface area contributed by atoms with Gasteiger partial charge in [-0.2, -0.15) is 0 Å². The van der Waals surface area contributed by atoms with E-state index in [-0.39, 0.29) is 11.9 Å². The zero-order valence-corrected chi connectivity index (χ0v) is 9.52. The zero-order valence-electron chi connectivity index (χ0n) is 9.52. The monoisotopic (exact) mass is 222 g/mol. The maximum Gasteiger partial charge on any atom is 0.237 e. The zero-order chi connectivity index (χ0) is 11.4. The van der Waals surface area contributed by atoms with Crippen LogP contribution in [-0.2, 0) is 11.3 Å². The maximum absolute atomic E-state index is 11.6. The SMILES string of the molecule is CC(NCCn1ccnc1)C(=O)NC1CC1. The van der Waals surface area contributed by atoms with E-state index < -0.39 is 0 Å². The van der Waals surface area contributed by atoms with Crippen LogP contribution in [0.25, 0.3) is 0 Å². The molecule has 1 aliphatic rings. The summed E-state index contributed by atoms with van der Waals surface area (Å²) in [6, 6.07) is 0.314. The minimum Gasteiger partial charge on any atom is -0.352 e. The first-order valence-electron chi connectivity index (χ1n) is 5.75. The summed E-state index contributed by atoms with van der Waals surface area (Å²) in [5.41, 5.74) is 0. The first-order valence-corrected chi connectivity index (χ1v) is 5.75. The van der Waals surface area contributed by atoms with Crippen LogP contribution < -0.4 is 10.6 Å². The Labute approximate surface area is 95.2 Å². The predicted molar refractivity (Wildman–Crippen MR) is 60.9 cm³/mol. The Morgan fingerprint density at radius 1 is 1.62 bits per heavy atom. The van der Waals surface area contributed by atoms with Gasteiger partial charge in [0.2, 0.25) is 5.91 Å². The molecule has 0 radical (unpaired) electrons. The number of hydrogen-bond acceptors (Lipinski definition) is 3. The highest BCUT2D eigenvalue weighted by atomic mass is 16.2. The molecule has 0 spiro atoms. The molecular formula is C11H18N4O. The molecule has 1 fully saturated rings. The quantitative estimate of drug-likeness (QED) is 0.720. The van der Waals surface area contributed by atoms with E-state index in [1.165, 1.54) is 0 Å². The number of carbonyl (C=O) groups excluding carboxylic acids is 1. The van der Waals surface area contributed by atoms with Crippen molar-refractivity contribution in [1.82, 2.24) is 20.2 Å². The molecule has 1 unspecified atom stereocenters. The summed E-state index contributed by atoms with van der Waals surface area (Å²) < 4.78 is 1.98. The van der Waals surface area contributed by atoms with Crippen molar-refractivity contribution in [3.63, 3.8) is 0 Å². The maximum atomic E-state index is 11.6. The van der Waals surface area contributed by atoms with Crippen molar-refractivity contribution in [2.24, 2.45) is 0 Å². The molecule has 1 aromatic heterocycles. The lowest BCUT2D eigenvalue weighted by molar-refractivity contribution is -0.122. The largest absolute Gasteiger partial charge is 0.352 e. The highest BCUT2D eigenvalue weighted by Gasteiger charge is 2.25. The lowest BCUT2D eigenvalue weighted by atomic mass is 10.3. The van der Waals surface area contributed by atoms with Crippen molar-refractivity contribution in [3.05, 3.63) is 18.7 Å². The lowest BCUT2D eigenvalue weighted by Gasteiger charge is -2.13. The number of rotatable bonds is 6. The van der Waals surface area contributed by atoms with E-state index in [9.17, 15) is 4.79 Å². The van der Waals surface area contributed by atoms with Gasteiger partial charge in [0.05, 0.1) is 12.4 Å². The molecule has 2 rings (SSSR count). The third-order valence-electron chi connectivity index (χ3n) is 2.70. The Hall–Kier alpha value is -1.36. The van der Waals surface area contributed by atoms with Gasteiger partial charge in [0, 0.05) is 31.5 Å². The van der Waals surface area contributed by atoms with Crippen molar-refractivity contribution >= 4 is 5.91 Å². The Balaban J connectivity index is 1.62. The molecule has 1 aromatic rings. The van der Waals surface area contributed by atoms with Crippen LogP contribution in [0.4, 0.5) is 0 Å². The van der Waals surface area contributed by atoms with E-state index >= 15 is 0 Å². The van der Waals surface area contributed by atoms with Gasteiger partial charge in [-0.15, -0.1) is 0 Å². The normalized spacial score (nSPS) is 17.1. The summed E-state index contributed by atoms with van der Waals surface area (Å²) >= 11 is 0. The molecule has 0 saturated heterocycles. The van der Waals surface area contributed by atoms with Gasteiger partial charge < -0.3 is 15.2 Å². The summed E-state index contributed by atoms with van der Waals surface area (Å²) in [7, 11) is 0. The summed E-state index contributed by atoms with van der Waals surface area (Å²) in [5, 5.41) is 6.17. The summed E-state index contributed by atoms with van der Waals surface area (Å²) in [6.07, 6.45) is 7.71. The predicted octanol–water partition coefficient (Wildman–Crippen LogP) is 0.140. The van der Waals surface area contributed by atoms with E-state index in [2.05, 4.69) is 15.6 Å². The number of nitrogens with one attached hydrogen (secondary N) is 2. The van der Waals surface area contributed by atoms with Crippen molar-refractivity contribution in [2.45, 2.75) is 38.4 Å². The molecule has 88 valence electrons. The van der Waals surface area contributed by atoms with E-state index in [4.69, 9.17) is 0 Å². The Kier molecular flexibility index (Phi) is 3.56. The number of imidazole rings is 1. The second kappa shape index (κ2) is 5.12. The molecular weight excluding hydrogens is 204 g/mol. The van der Waals surface area contributed by atoms with E-state index in [0.29, 0.717) is 6.04 Å². The van der Waals surface area contributed by atoms with Crippen LogP contribution >= 0.6 is 0 Å². The molecule has 1 heterocycles. The number of aromatic nitrogens is 2. The van der Waals surface area contributed by atoms with Gasteiger partial charge in [0.25, 0.3) is 0 Å². The minimum absolute atomic E-state index is 0.105. The number of amides is 1. The molecule has 5 heteroatoms. The smallest absolute Gasteiger partial charge is 0.237 e. The first-order chi connectivity index (χ1) is 7.75. The van der Waals surface area contributed by atoms with Crippen LogP contribution in [0, 0.1) is 0 Å². The highest BCUT2D eigenvalue weighted by molar-refractivity contribution is 5.81. The highest BCUT2D eigenvalue weighted by Crippen LogP contribution is 2.18. The third kappa shape index (κ3) is 3.34. The second-order valence-corrected chi connectivity index (χ2v) is 4.26. The van der Waals surface area contributed by atoms with Gasteiger partial charge in [-0.25, -0.2) is 4.98 Å². The van der Waals surface area contributed by atoms with Crippen molar-refractivity contribution < 1.29 is 4.79 Å².